The average Bonchev–Trinajstić information content (AvgIpc) is 2.78. The van der Waals surface area contributed by atoms with Crippen LogP contribution in [0.2, 0.25) is 0 Å². The minimum Gasteiger partial charge on any atom is -0.464 e. The quantitative estimate of drug-likeness (QED) is 0.852. The SMILES string of the molecule is CCCC1CC1(N)c1coc2ccccc12. The molecule has 1 aliphatic carbocycles. The zero-order valence-corrected chi connectivity index (χ0v) is 9.57. The first kappa shape index (κ1) is 9.91. The minimum absolute atomic E-state index is 0.122. The number of furan rings is 1. The molecule has 1 aliphatic rings. The maximum absolute atomic E-state index is 6.45. The molecular formula is C14H17NO. The fourth-order valence-electron chi connectivity index (χ4n) is 2.72. The van der Waals surface area contributed by atoms with Crippen LogP contribution in [-0.4, -0.2) is 0 Å². The number of hydrogen-bond donors (Lipinski definition) is 1. The standard InChI is InChI=1S/C14H17NO/c1-2-5-10-8-14(10,15)12-9-16-13-7-4-3-6-11(12)13/h3-4,6-7,9-10H,2,5,8,15H2,1H3. The van der Waals surface area contributed by atoms with Crippen molar-refractivity contribution in [1.29, 1.82) is 0 Å². The monoisotopic (exact) mass is 215 g/mol. The highest BCUT2D eigenvalue weighted by atomic mass is 16.3. The van der Waals surface area contributed by atoms with Crippen molar-refractivity contribution in [3.05, 3.63) is 36.1 Å². The van der Waals surface area contributed by atoms with Crippen molar-refractivity contribution in [2.75, 3.05) is 0 Å². The van der Waals surface area contributed by atoms with Gasteiger partial charge in [0, 0.05) is 16.5 Å². The fourth-order valence-corrected chi connectivity index (χ4v) is 2.72. The highest BCUT2D eigenvalue weighted by molar-refractivity contribution is 5.82. The van der Waals surface area contributed by atoms with Crippen molar-refractivity contribution in [2.24, 2.45) is 11.7 Å². The van der Waals surface area contributed by atoms with E-state index in [1.165, 1.54) is 23.8 Å². The maximum Gasteiger partial charge on any atom is 0.134 e. The van der Waals surface area contributed by atoms with E-state index >= 15 is 0 Å². The van der Waals surface area contributed by atoms with Crippen LogP contribution in [-0.2, 0) is 5.54 Å². The van der Waals surface area contributed by atoms with E-state index in [1.54, 1.807) is 0 Å². The Morgan fingerprint density at radius 2 is 2.25 bits per heavy atom. The van der Waals surface area contributed by atoms with Crippen LogP contribution < -0.4 is 5.73 Å². The lowest BCUT2D eigenvalue weighted by atomic mass is 10.0. The van der Waals surface area contributed by atoms with Crippen molar-refractivity contribution in [1.82, 2.24) is 0 Å². The lowest BCUT2D eigenvalue weighted by molar-refractivity contribution is 0.561. The molecule has 0 spiro atoms. The molecule has 2 unspecified atom stereocenters. The zero-order chi connectivity index (χ0) is 11.2. The molecule has 1 saturated carbocycles. The Bertz CT molecular complexity index is 516. The number of benzene rings is 1. The predicted octanol–water partition coefficient (Wildman–Crippen LogP) is 3.41. The predicted molar refractivity (Wildman–Crippen MR) is 65.1 cm³/mol. The van der Waals surface area contributed by atoms with Gasteiger partial charge >= 0.3 is 0 Å². The molecule has 2 atom stereocenters. The second kappa shape index (κ2) is 3.36. The largest absolute Gasteiger partial charge is 0.464 e. The summed E-state index contributed by atoms with van der Waals surface area (Å²) in [6.07, 6.45) is 5.38. The van der Waals surface area contributed by atoms with Crippen LogP contribution in [0.4, 0.5) is 0 Å². The van der Waals surface area contributed by atoms with Gasteiger partial charge in [0.15, 0.2) is 0 Å². The summed E-state index contributed by atoms with van der Waals surface area (Å²) in [4.78, 5) is 0. The van der Waals surface area contributed by atoms with Gasteiger partial charge in [-0.15, -0.1) is 0 Å². The summed E-state index contributed by atoms with van der Waals surface area (Å²) < 4.78 is 5.56. The zero-order valence-electron chi connectivity index (χ0n) is 9.57. The molecule has 2 N–H and O–H groups in total. The Morgan fingerprint density at radius 1 is 1.44 bits per heavy atom. The first-order chi connectivity index (χ1) is 7.75. The van der Waals surface area contributed by atoms with E-state index in [-0.39, 0.29) is 5.54 Å². The third kappa shape index (κ3) is 1.30. The molecule has 1 heterocycles. The smallest absolute Gasteiger partial charge is 0.134 e. The van der Waals surface area contributed by atoms with Crippen molar-refractivity contribution in [3.63, 3.8) is 0 Å². The highest BCUT2D eigenvalue weighted by Gasteiger charge is 2.52. The number of hydrogen-bond acceptors (Lipinski definition) is 2. The van der Waals surface area contributed by atoms with E-state index in [0.29, 0.717) is 5.92 Å². The average molecular weight is 215 g/mol. The van der Waals surface area contributed by atoms with Gasteiger partial charge in [-0.25, -0.2) is 0 Å². The molecule has 16 heavy (non-hydrogen) atoms. The van der Waals surface area contributed by atoms with Crippen LogP contribution in [0.1, 0.15) is 31.7 Å². The topological polar surface area (TPSA) is 39.2 Å². The Kier molecular flexibility index (Phi) is 2.08. The molecule has 0 radical (unpaired) electrons. The molecule has 0 amide bonds. The molecule has 0 bridgehead atoms. The van der Waals surface area contributed by atoms with Crippen LogP contribution in [0.25, 0.3) is 11.0 Å². The summed E-state index contributed by atoms with van der Waals surface area (Å²) in [5.41, 5.74) is 8.47. The molecule has 2 aromatic rings. The van der Waals surface area contributed by atoms with Crippen molar-refractivity contribution >= 4 is 11.0 Å². The summed E-state index contributed by atoms with van der Waals surface area (Å²) in [5.74, 6) is 0.638. The van der Waals surface area contributed by atoms with Gasteiger partial charge < -0.3 is 10.2 Å². The van der Waals surface area contributed by atoms with Crippen LogP contribution in [0.15, 0.2) is 34.9 Å². The third-order valence-corrected chi connectivity index (χ3v) is 3.77. The summed E-state index contributed by atoms with van der Waals surface area (Å²) in [6, 6.07) is 8.14. The normalized spacial score (nSPS) is 28.5. The lowest BCUT2D eigenvalue weighted by Gasteiger charge is -2.09. The van der Waals surface area contributed by atoms with Gasteiger partial charge in [-0.2, -0.15) is 0 Å². The first-order valence-corrected chi connectivity index (χ1v) is 6.01. The molecule has 3 rings (SSSR count). The van der Waals surface area contributed by atoms with Gasteiger partial charge in [0.2, 0.25) is 0 Å². The summed E-state index contributed by atoms with van der Waals surface area (Å²) in [5, 5.41) is 1.18. The Labute approximate surface area is 95.4 Å². The summed E-state index contributed by atoms with van der Waals surface area (Å²) in [7, 11) is 0. The second-order valence-electron chi connectivity index (χ2n) is 4.88. The van der Waals surface area contributed by atoms with Crippen molar-refractivity contribution in [3.8, 4) is 0 Å². The molecule has 1 aromatic heterocycles. The Balaban J connectivity index is 2.01. The minimum atomic E-state index is -0.122. The number of para-hydroxylation sites is 1. The summed E-state index contributed by atoms with van der Waals surface area (Å²) in [6.45, 7) is 2.21. The second-order valence-corrected chi connectivity index (χ2v) is 4.88. The van der Waals surface area contributed by atoms with E-state index in [2.05, 4.69) is 13.0 Å². The van der Waals surface area contributed by atoms with Gasteiger partial charge in [0.25, 0.3) is 0 Å². The van der Waals surface area contributed by atoms with Gasteiger partial charge in [0.05, 0.1) is 6.26 Å². The number of fused-ring (bicyclic) bond motifs is 1. The lowest BCUT2D eigenvalue weighted by Crippen LogP contribution is -2.21. The van der Waals surface area contributed by atoms with E-state index < -0.39 is 0 Å². The molecular weight excluding hydrogens is 198 g/mol. The molecule has 2 heteroatoms. The van der Waals surface area contributed by atoms with Crippen LogP contribution in [0.3, 0.4) is 0 Å². The van der Waals surface area contributed by atoms with Gasteiger partial charge in [-0.05, 0) is 24.8 Å². The van der Waals surface area contributed by atoms with Gasteiger partial charge in [-0.3, -0.25) is 0 Å². The third-order valence-electron chi connectivity index (χ3n) is 3.77. The van der Waals surface area contributed by atoms with Crippen LogP contribution in [0.5, 0.6) is 0 Å². The van der Waals surface area contributed by atoms with E-state index in [0.717, 1.165) is 12.0 Å². The van der Waals surface area contributed by atoms with E-state index in [4.69, 9.17) is 10.2 Å². The number of rotatable bonds is 3. The molecule has 0 aliphatic heterocycles. The molecule has 84 valence electrons. The van der Waals surface area contributed by atoms with Crippen molar-refractivity contribution < 1.29 is 4.42 Å². The van der Waals surface area contributed by atoms with E-state index in [1.807, 2.05) is 24.5 Å². The Morgan fingerprint density at radius 3 is 3.06 bits per heavy atom. The van der Waals surface area contributed by atoms with Crippen LogP contribution >= 0.6 is 0 Å². The maximum atomic E-state index is 6.45. The molecule has 2 nitrogen and oxygen atoms in total. The molecule has 1 fully saturated rings. The summed E-state index contributed by atoms with van der Waals surface area (Å²) >= 11 is 0. The molecule has 1 aromatic carbocycles. The van der Waals surface area contributed by atoms with Gasteiger partial charge in [-0.1, -0.05) is 31.5 Å². The highest BCUT2D eigenvalue weighted by Crippen LogP contribution is 2.54. The number of nitrogens with two attached hydrogens (primary N) is 1. The first-order valence-electron chi connectivity index (χ1n) is 6.01. The van der Waals surface area contributed by atoms with Gasteiger partial charge in [0.1, 0.15) is 5.58 Å². The van der Waals surface area contributed by atoms with Crippen LogP contribution in [0, 0.1) is 5.92 Å². The van der Waals surface area contributed by atoms with Crippen molar-refractivity contribution in [2.45, 2.75) is 31.7 Å². The van der Waals surface area contributed by atoms with E-state index in [9.17, 15) is 0 Å². The fraction of sp³-hybridized carbons (Fsp3) is 0.429. The Hall–Kier alpha value is -1.28. The molecule has 0 saturated heterocycles.